The number of amides is 1. The molecule has 1 saturated carbocycles. The Morgan fingerprint density at radius 3 is 2.74 bits per heavy atom. The Balaban J connectivity index is 1.91. The molecule has 2 N–H and O–H groups in total. The van der Waals surface area contributed by atoms with E-state index in [9.17, 15) is 4.79 Å². The smallest absolute Gasteiger partial charge is 0.270 e. The molecule has 4 nitrogen and oxygen atoms in total. The van der Waals surface area contributed by atoms with Gasteiger partial charge in [0.1, 0.15) is 5.69 Å². The standard InChI is InChI=1S/C15H23N3O/c1-3-16-13-8-9-14(17-10-13)15(19)18-11(2)12-6-4-5-7-12/h8-12,16H,3-7H2,1-2H3,(H,18,19). The molecule has 1 atom stereocenters. The van der Waals surface area contributed by atoms with Crippen molar-refractivity contribution in [1.82, 2.24) is 10.3 Å². The van der Waals surface area contributed by atoms with E-state index in [2.05, 4.69) is 22.5 Å². The van der Waals surface area contributed by atoms with Gasteiger partial charge in [-0.25, -0.2) is 4.98 Å². The second kappa shape index (κ2) is 6.55. The Morgan fingerprint density at radius 1 is 1.42 bits per heavy atom. The Hall–Kier alpha value is -1.58. The fourth-order valence-electron chi connectivity index (χ4n) is 2.69. The largest absolute Gasteiger partial charge is 0.384 e. The quantitative estimate of drug-likeness (QED) is 0.857. The average molecular weight is 261 g/mol. The summed E-state index contributed by atoms with van der Waals surface area (Å²) in [6.45, 7) is 4.98. The number of hydrogen-bond acceptors (Lipinski definition) is 3. The van der Waals surface area contributed by atoms with Crippen molar-refractivity contribution in [2.75, 3.05) is 11.9 Å². The third-order valence-electron chi connectivity index (χ3n) is 3.84. The molecule has 1 heterocycles. The highest BCUT2D eigenvalue weighted by molar-refractivity contribution is 5.92. The van der Waals surface area contributed by atoms with Gasteiger partial charge in [-0.15, -0.1) is 0 Å². The van der Waals surface area contributed by atoms with Crippen LogP contribution < -0.4 is 10.6 Å². The van der Waals surface area contributed by atoms with Crippen LogP contribution in [-0.4, -0.2) is 23.5 Å². The van der Waals surface area contributed by atoms with E-state index in [0.29, 0.717) is 11.6 Å². The number of pyridine rings is 1. The van der Waals surface area contributed by atoms with Crippen molar-refractivity contribution < 1.29 is 4.79 Å². The maximum atomic E-state index is 12.1. The number of anilines is 1. The summed E-state index contributed by atoms with van der Waals surface area (Å²) in [5.41, 5.74) is 1.44. The maximum Gasteiger partial charge on any atom is 0.270 e. The zero-order valence-electron chi connectivity index (χ0n) is 11.8. The van der Waals surface area contributed by atoms with E-state index in [1.807, 2.05) is 13.0 Å². The second-order valence-electron chi connectivity index (χ2n) is 5.27. The van der Waals surface area contributed by atoms with Gasteiger partial charge in [0.15, 0.2) is 0 Å². The van der Waals surface area contributed by atoms with E-state index in [-0.39, 0.29) is 11.9 Å². The minimum Gasteiger partial charge on any atom is -0.384 e. The van der Waals surface area contributed by atoms with Gasteiger partial charge >= 0.3 is 0 Å². The molecule has 1 aliphatic carbocycles. The minimum absolute atomic E-state index is 0.0672. The number of hydrogen-bond donors (Lipinski definition) is 2. The molecule has 0 aliphatic heterocycles. The van der Waals surface area contributed by atoms with Crippen LogP contribution in [0.25, 0.3) is 0 Å². The number of aromatic nitrogens is 1. The predicted molar refractivity (Wildman–Crippen MR) is 77.3 cm³/mol. The molecule has 0 bridgehead atoms. The highest BCUT2D eigenvalue weighted by Gasteiger charge is 2.23. The summed E-state index contributed by atoms with van der Waals surface area (Å²) in [6.07, 6.45) is 6.75. The topological polar surface area (TPSA) is 54.0 Å². The van der Waals surface area contributed by atoms with E-state index >= 15 is 0 Å². The van der Waals surface area contributed by atoms with Gasteiger partial charge in [0.2, 0.25) is 0 Å². The molecule has 0 spiro atoms. The Labute approximate surface area is 115 Å². The lowest BCUT2D eigenvalue weighted by molar-refractivity contribution is 0.0922. The van der Waals surface area contributed by atoms with E-state index in [1.165, 1.54) is 25.7 Å². The monoisotopic (exact) mass is 261 g/mol. The fraction of sp³-hybridized carbons (Fsp3) is 0.600. The van der Waals surface area contributed by atoms with Crippen LogP contribution in [0.2, 0.25) is 0 Å². The van der Waals surface area contributed by atoms with E-state index in [0.717, 1.165) is 12.2 Å². The SMILES string of the molecule is CCNc1ccc(C(=O)NC(C)C2CCCC2)nc1. The molecule has 1 aliphatic rings. The van der Waals surface area contributed by atoms with Crippen molar-refractivity contribution in [3.8, 4) is 0 Å². The summed E-state index contributed by atoms with van der Waals surface area (Å²) in [5.74, 6) is 0.562. The highest BCUT2D eigenvalue weighted by atomic mass is 16.1. The third-order valence-corrected chi connectivity index (χ3v) is 3.84. The molecule has 104 valence electrons. The third kappa shape index (κ3) is 3.69. The van der Waals surface area contributed by atoms with Gasteiger partial charge in [-0.2, -0.15) is 0 Å². The molecule has 0 radical (unpaired) electrons. The van der Waals surface area contributed by atoms with Crippen LogP contribution in [0.1, 0.15) is 50.0 Å². The molecule has 1 amide bonds. The van der Waals surface area contributed by atoms with Crippen molar-refractivity contribution in [2.45, 2.75) is 45.6 Å². The summed E-state index contributed by atoms with van der Waals surface area (Å²) in [4.78, 5) is 16.3. The number of carbonyl (C=O) groups is 1. The molecule has 19 heavy (non-hydrogen) atoms. The van der Waals surface area contributed by atoms with Gasteiger partial charge in [-0.3, -0.25) is 4.79 Å². The number of carbonyl (C=O) groups excluding carboxylic acids is 1. The first-order valence-electron chi connectivity index (χ1n) is 7.21. The van der Waals surface area contributed by atoms with Crippen LogP contribution >= 0.6 is 0 Å². The first-order valence-corrected chi connectivity index (χ1v) is 7.21. The molecule has 4 heteroatoms. The first kappa shape index (κ1) is 13.8. The fourth-order valence-corrected chi connectivity index (χ4v) is 2.69. The van der Waals surface area contributed by atoms with Gasteiger partial charge in [0.25, 0.3) is 5.91 Å². The van der Waals surface area contributed by atoms with Gasteiger partial charge in [0, 0.05) is 12.6 Å². The van der Waals surface area contributed by atoms with Crippen molar-refractivity contribution in [2.24, 2.45) is 5.92 Å². The van der Waals surface area contributed by atoms with Crippen LogP contribution in [0.3, 0.4) is 0 Å². The van der Waals surface area contributed by atoms with Crippen LogP contribution in [0.5, 0.6) is 0 Å². The lowest BCUT2D eigenvalue weighted by atomic mass is 10.00. The molecule has 1 aromatic rings. The summed E-state index contributed by atoms with van der Waals surface area (Å²) in [6, 6.07) is 3.91. The number of nitrogens with zero attached hydrogens (tertiary/aromatic N) is 1. The Morgan fingerprint density at radius 2 is 2.16 bits per heavy atom. The van der Waals surface area contributed by atoms with Gasteiger partial charge < -0.3 is 10.6 Å². The first-order chi connectivity index (χ1) is 9.20. The van der Waals surface area contributed by atoms with Gasteiger partial charge in [-0.1, -0.05) is 12.8 Å². The van der Waals surface area contributed by atoms with Crippen molar-refractivity contribution >= 4 is 11.6 Å². The van der Waals surface area contributed by atoms with Crippen LogP contribution in [0.15, 0.2) is 18.3 Å². The van der Waals surface area contributed by atoms with E-state index < -0.39 is 0 Å². The van der Waals surface area contributed by atoms with Crippen molar-refractivity contribution in [1.29, 1.82) is 0 Å². The van der Waals surface area contributed by atoms with Crippen LogP contribution in [0.4, 0.5) is 5.69 Å². The second-order valence-corrected chi connectivity index (χ2v) is 5.27. The zero-order chi connectivity index (χ0) is 13.7. The lowest BCUT2D eigenvalue weighted by Crippen LogP contribution is -2.37. The molecule has 1 fully saturated rings. The van der Waals surface area contributed by atoms with Crippen LogP contribution in [0, 0.1) is 5.92 Å². The lowest BCUT2D eigenvalue weighted by Gasteiger charge is -2.20. The number of nitrogens with one attached hydrogen (secondary N) is 2. The summed E-state index contributed by atoms with van der Waals surface area (Å²) in [7, 11) is 0. The van der Waals surface area contributed by atoms with Crippen molar-refractivity contribution in [3.05, 3.63) is 24.0 Å². The molecule has 2 rings (SSSR count). The molecule has 0 aromatic carbocycles. The Bertz CT molecular complexity index is 410. The molecule has 1 aromatic heterocycles. The summed E-state index contributed by atoms with van der Waals surface area (Å²) >= 11 is 0. The van der Waals surface area contributed by atoms with Gasteiger partial charge in [0.05, 0.1) is 11.9 Å². The summed E-state index contributed by atoms with van der Waals surface area (Å²) < 4.78 is 0. The zero-order valence-corrected chi connectivity index (χ0v) is 11.8. The average Bonchev–Trinajstić information content (AvgIpc) is 2.94. The predicted octanol–water partition coefficient (Wildman–Crippen LogP) is 2.82. The summed E-state index contributed by atoms with van der Waals surface area (Å²) in [5, 5.41) is 6.23. The maximum absolute atomic E-state index is 12.1. The van der Waals surface area contributed by atoms with Crippen LogP contribution in [-0.2, 0) is 0 Å². The molecular formula is C15H23N3O. The normalized spacial score (nSPS) is 17.2. The van der Waals surface area contributed by atoms with Crippen molar-refractivity contribution in [3.63, 3.8) is 0 Å². The van der Waals surface area contributed by atoms with E-state index in [4.69, 9.17) is 0 Å². The minimum atomic E-state index is -0.0672. The highest BCUT2D eigenvalue weighted by Crippen LogP contribution is 2.27. The molecule has 1 unspecified atom stereocenters. The molecule has 0 saturated heterocycles. The Kier molecular flexibility index (Phi) is 4.77. The van der Waals surface area contributed by atoms with Gasteiger partial charge in [-0.05, 0) is 44.7 Å². The molecular weight excluding hydrogens is 238 g/mol. The number of rotatable bonds is 5. The van der Waals surface area contributed by atoms with E-state index in [1.54, 1.807) is 12.3 Å².